The molecular formula is C16H14FNO3. The minimum atomic E-state index is -0.483. The van der Waals surface area contributed by atoms with E-state index in [1.165, 1.54) is 24.3 Å². The lowest BCUT2D eigenvalue weighted by molar-refractivity contribution is 0.0526. The monoisotopic (exact) mass is 287 g/mol. The van der Waals surface area contributed by atoms with Gasteiger partial charge in [-0.05, 0) is 43.3 Å². The van der Waals surface area contributed by atoms with E-state index >= 15 is 0 Å². The van der Waals surface area contributed by atoms with Crippen LogP contribution in [0.2, 0.25) is 0 Å². The smallest absolute Gasteiger partial charge is 0.338 e. The molecule has 108 valence electrons. The summed E-state index contributed by atoms with van der Waals surface area (Å²) in [7, 11) is 0. The maximum atomic E-state index is 13.1. The number of carbonyl (C=O) groups is 2. The van der Waals surface area contributed by atoms with Crippen molar-refractivity contribution < 1.29 is 18.7 Å². The Hall–Kier alpha value is -2.69. The second-order valence-corrected chi connectivity index (χ2v) is 4.27. The first kappa shape index (κ1) is 14.7. The Kier molecular flexibility index (Phi) is 4.66. The van der Waals surface area contributed by atoms with E-state index in [9.17, 15) is 14.0 Å². The summed E-state index contributed by atoms with van der Waals surface area (Å²) in [5.74, 6) is -1.39. The molecule has 0 radical (unpaired) electrons. The molecule has 21 heavy (non-hydrogen) atoms. The van der Waals surface area contributed by atoms with Crippen molar-refractivity contribution in [3.8, 4) is 0 Å². The number of carbonyl (C=O) groups excluding carboxylic acids is 2. The van der Waals surface area contributed by atoms with E-state index in [-0.39, 0.29) is 12.2 Å². The van der Waals surface area contributed by atoms with Gasteiger partial charge in [-0.1, -0.05) is 12.1 Å². The van der Waals surface area contributed by atoms with Gasteiger partial charge in [0.25, 0.3) is 5.91 Å². The topological polar surface area (TPSA) is 55.4 Å². The van der Waals surface area contributed by atoms with Crippen molar-refractivity contribution in [2.24, 2.45) is 0 Å². The van der Waals surface area contributed by atoms with Crippen molar-refractivity contribution in [2.75, 3.05) is 11.9 Å². The second kappa shape index (κ2) is 6.65. The Balaban J connectivity index is 2.14. The van der Waals surface area contributed by atoms with Crippen LogP contribution in [0, 0.1) is 5.82 Å². The van der Waals surface area contributed by atoms with Crippen LogP contribution in [0.15, 0.2) is 48.5 Å². The third-order valence-corrected chi connectivity index (χ3v) is 2.72. The predicted octanol–water partition coefficient (Wildman–Crippen LogP) is 3.25. The van der Waals surface area contributed by atoms with Crippen LogP contribution in [-0.4, -0.2) is 18.5 Å². The highest BCUT2D eigenvalue weighted by molar-refractivity contribution is 6.04. The van der Waals surface area contributed by atoms with Gasteiger partial charge in [-0.3, -0.25) is 4.79 Å². The highest BCUT2D eigenvalue weighted by Gasteiger charge is 2.10. The normalized spacial score (nSPS) is 10.0. The number of amides is 1. The first-order valence-corrected chi connectivity index (χ1v) is 6.44. The van der Waals surface area contributed by atoms with Gasteiger partial charge in [0.05, 0.1) is 12.2 Å². The molecule has 2 aromatic rings. The van der Waals surface area contributed by atoms with Crippen LogP contribution >= 0.6 is 0 Å². The van der Waals surface area contributed by atoms with Crippen LogP contribution in [0.5, 0.6) is 0 Å². The Morgan fingerprint density at radius 2 is 1.81 bits per heavy atom. The molecule has 0 spiro atoms. The maximum absolute atomic E-state index is 13.1. The summed E-state index contributed by atoms with van der Waals surface area (Å²) >= 11 is 0. The molecule has 0 bridgehead atoms. The molecule has 0 atom stereocenters. The van der Waals surface area contributed by atoms with E-state index in [1.807, 2.05) is 0 Å². The number of hydrogen-bond acceptors (Lipinski definition) is 3. The summed E-state index contributed by atoms with van der Waals surface area (Å²) in [6.45, 7) is 1.99. The summed E-state index contributed by atoms with van der Waals surface area (Å²) in [6, 6.07) is 11.7. The summed E-state index contributed by atoms with van der Waals surface area (Å²) < 4.78 is 18.0. The number of hydrogen-bond donors (Lipinski definition) is 1. The third-order valence-electron chi connectivity index (χ3n) is 2.72. The van der Waals surface area contributed by atoms with Crippen LogP contribution in [0.3, 0.4) is 0 Å². The molecule has 2 rings (SSSR count). The van der Waals surface area contributed by atoms with E-state index in [2.05, 4.69) is 5.32 Å². The lowest BCUT2D eigenvalue weighted by Gasteiger charge is -2.07. The molecule has 5 heteroatoms. The molecular weight excluding hydrogens is 273 g/mol. The molecule has 0 saturated carbocycles. The zero-order chi connectivity index (χ0) is 15.2. The van der Waals surface area contributed by atoms with E-state index < -0.39 is 17.7 Å². The minimum Gasteiger partial charge on any atom is -0.462 e. The number of anilines is 1. The molecule has 1 N–H and O–H groups in total. The van der Waals surface area contributed by atoms with Gasteiger partial charge in [0.1, 0.15) is 5.82 Å². The molecule has 0 aliphatic carbocycles. The second-order valence-electron chi connectivity index (χ2n) is 4.27. The number of ether oxygens (including phenoxy) is 1. The predicted molar refractivity (Wildman–Crippen MR) is 76.8 cm³/mol. The summed E-state index contributed by atoms with van der Waals surface area (Å²) in [4.78, 5) is 23.6. The van der Waals surface area contributed by atoms with Gasteiger partial charge < -0.3 is 10.1 Å². The van der Waals surface area contributed by atoms with Crippen LogP contribution < -0.4 is 5.32 Å². The molecule has 0 aliphatic heterocycles. The number of halogens is 1. The first-order valence-electron chi connectivity index (χ1n) is 6.44. The summed E-state index contributed by atoms with van der Waals surface area (Å²) in [5, 5.41) is 2.61. The first-order chi connectivity index (χ1) is 10.1. The Labute approximate surface area is 121 Å². The van der Waals surface area contributed by atoms with Gasteiger partial charge >= 0.3 is 5.97 Å². The Morgan fingerprint density at radius 1 is 1.10 bits per heavy atom. The molecule has 0 aliphatic rings. The largest absolute Gasteiger partial charge is 0.462 e. The number of esters is 1. The molecule has 0 heterocycles. The zero-order valence-electron chi connectivity index (χ0n) is 11.4. The molecule has 0 saturated heterocycles. The van der Waals surface area contributed by atoms with Gasteiger partial charge in [-0.15, -0.1) is 0 Å². The van der Waals surface area contributed by atoms with Gasteiger partial charge in [0, 0.05) is 11.3 Å². The zero-order valence-corrected chi connectivity index (χ0v) is 11.4. The maximum Gasteiger partial charge on any atom is 0.338 e. The van der Waals surface area contributed by atoms with Crippen LogP contribution in [-0.2, 0) is 4.74 Å². The van der Waals surface area contributed by atoms with Gasteiger partial charge in [0.2, 0.25) is 0 Å². The minimum absolute atomic E-state index is 0.205. The molecule has 0 unspecified atom stereocenters. The fraction of sp³-hybridized carbons (Fsp3) is 0.125. The fourth-order valence-corrected chi connectivity index (χ4v) is 1.77. The number of nitrogens with one attached hydrogen (secondary N) is 1. The Bertz CT molecular complexity index is 670. The van der Waals surface area contributed by atoms with E-state index in [0.29, 0.717) is 11.3 Å². The van der Waals surface area contributed by atoms with Gasteiger partial charge in [-0.25, -0.2) is 9.18 Å². The summed E-state index contributed by atoms with van der Waals surface area (Å²) in [6.07, 6.45) is 0. The van der Waals surface area contributed by atoms with Crippen molar-refractivity contribution >= 4 is 17.6 Å². The van der Waals surface area contributed by atoms with Crippen molar-refractivity contribution in [3.05, 3.63) is 65.5 Å². The molecule has 0 aromatic heterocycles. The average Bonchev–Trinajstić information content (AvgIpc) is 2.48. The summed E-state index contributed by atoms with van der Waals surface area (Å²) in [5.41, 5.74) is 0.986. The highest BCUT2D eigenvalue weighted by atomic mass is 19.1. The van der Waals surface area contributed by atoms with Gasteiger partial charge in [-0.2, -0.15) is 0 Å². The Morgan fingerprint density at radius 3 is 2.52 bits per heavy atom. The highest BCUT2D eigenvalue weighted by Crippen LogP contribution is 2.14. The third kappa shape index (κ3) is 3.89. The number of benzene rings is 2. The van der Waals surface area contributed by atoms with E-state index in [0.717, 1.165) is 6.07 Å². The van der Waals surface area contributed by atoms with E-state index in [1.54, 1.807) is 25.1 Å². The van der Waals surface area contributed by atoms with Gasteiger partial charge in [0.15, 0.2) is 0 Å². The van der Waals surface area contributed by atoms with Crippen molar-refractivity contribution in [2.45, 2.75) is 6.92 Å². The molecule has 1 amide bonds. The average molecular weight is 287 g/mol. The van der Waals surface area contributed by atoms with Crippen LogP contribution in [0.25, 0.3) is 0 Å². The lowest BCUT2D eigenvalue weighted by Crippen LogP contribution is -2.13. The van der Waals surface area contributed by atoms with E-state index in [4.69, 9.17) is 4.74 Å². The molecule has 0 fully saturated rings. The van der Waals surface area contributed by atoms with Crippen LogP contribution in [0.4, 0.5) is 10.1 Å². The lowest BCUT2D eigenvalue weighted by atomic mass is 10.1. The standard InChI is InChI=1S/C16H14FNO3/c1-2-21-16(20)12-6-4-8-14(10-12)18-15(19)11-5-3-7-13(17)9-11/h3-10H,2H2,1H3,(H,18,19). The van der Waals surface area contributed by atoms with Crippen molar-refractivity contribution in [3.63, 3.8) is 0 Å². The van der Waals surface area contributed by atoms with Crippen molar-refractivity contribution in [1.29, 1.82) is 0 Å². The fourth-order valence-electron chi connectivity index (χ4n) is 1.77. The SMILES string of the molecule is CCOC(=O)c1cccc(NC(=O)c2cccc(F)c2)c1. The van der Waals surface area contributed by atoms with Crippen LogP contribution in [0.1, 0.15) is 27.6 Å². The number of rotatable bonds is 4. The quantitative estimate of drug-likeness (QED) is 0.878. The molecule has 4 nitrogen and oxygen atoms in total. The van der Waals surface area contributed by atoms with Crippen molar-refractivity contribution in [1.82, 2.24) is 0 Å². The molecule has 2 aromatic carbocycles.